The number of oxazole rings is 1. The number of aromatic nitrogens is 16. The molecular formula is C89H94ClN23O5. The first-order valence-corrected chi connectivity index (χ1v) is 40.7. The van der Waals surface area contributed by atoms with Gasteiger partial charge in [-0.15, -0.1) is 0 Å². The van der Waals surface area contributed by atoms with E-state index in [-0.39, 0.29) is 22.2 Å². The standard InChI is InChI=1S/C23H26N6O.C22H23ClN6O.C22H24N6O.C22H21N5O2/c1-26(2)18-8-10-28(11-9-18)19-5-7-22-25-20(13-23(30)29(22)15-19)16-4-6-21-17(12-16)14-24-27(21)3;1-3-26-6-8-27(9-7-26)17-4-5-20-25-19(11-21(30)29(20)14-17)16-10-18(23)22-24-15(2)12-28(22)13-16;1-25-8-3-9-27(11-10-25)18-5-7-21-24-19(13-22(29)28(21)15-18)16-4-6-20-17(12-16)14-23-26(20)2;1-3-26-10-8-15(9-11-26)17-6-7-21-24-19(13-22(28)27(21)25-17)16-4-5-18-20(12-16)29-14(2)23-18/h4-7,12-15,18H,8-11H2,1-3H3;4-5,10-14H,3,6-9H2,1-2H3;4-7,12-15H,3,8-11H2,1-2H3;4-8,12-13H,3,9-11H2,1-2H3. The van der Waals surface area contributed by atoms with Gasteiger partial charge >= 0.3 is 0 Å². The van der Waals surface area contributed by atoms with Gasteiger partial charge in [0.2, 0.25) is 0 Å². The maximum atomic E-state index is 12.9. The van der Waals surface area contributed by atoms with Gasteiger partial charge in [-0.2, -0.15) is 19.8 Å². The number of hydrogen-bond acceptors (Lipinski definition) is 21. The zero-order chi connectivity index (χ0) is 81.6. The number of benzene rings is 3. The molecule has 28 nitrogen and oxygen atoms in total. The summed E-state index contributed by atoms with van der Waals surface area (Å²) in [7, 11) is 10.3. The molecule has 602 valence electrons. The van der Waals surface area contributed by atoms with Crippen LogP contribution in [-0.2, 0) is 14.1 Å². The van der Waals surface area contributed by atoms with Crippen LogP contribution in [0.25, 0.3) is 112 Å². The van der Waals surface area contributed by atoms with Crippen molar-refractivity contribution in [3.8, 4) is 45.0 Å². The molecular weight excluding hydrogens is 1510 g/mol. The number of nitrogens with zero attached hydrogens (tertiary/aromatic N) is 23. The van der Waals surface area contributed by atoms with Crippen LogP contribution in [-0.4, -0.2) is 215 Å². The molecule has 0 spiro atoms. The highest BCUT2D eigenvalue weighted by Gasteiger charge is 2.24. The molecule has 3 aromatic carbocycles. The topological polar surface area (TPSA) is 252 Å². The van der Waals surface area contributed by atoms with Gasteiger partial charge in [0.05, 0.1) is 79.7 Å². The molecule has 0 radical (unpaired) electrons. The SMILES string of the molecule is CCN1CC=C(c2ccc3nc(-c4ccc5nc(C)oc5c4)cc(=O)n3n2)CC1.CCN1CCN(c2ccc3nc(-c4cc(Cl)c5nc(C)cn5c4)cc(=O)n3c2)CC1.CN(C)C1CCN(c2ccc3nc(-c4ccc5c(cnn5C)c4)cc(=O)n3c2)CC1.CN1CCCN(c2ccc3nc(-c4ccc5c(cnn5C)c4)cc(=O)n3c2)CC1. The number of aryl methyl sites for hydroxylation is 4. The van der Waals surface area contributed by atoms with Crippen molar-refractivity contribution in [1.29, 1.82) is 0 Å². The Labute approximate surface area is 685 Å². The van der Waals surface area contributed by atoms with Crippen molar-refractivity contribution in [2.45, 2.75) is 59.4 Å². The molecule has 0 bridgehead atoms. The van der Waals surface area contributed by atoms with Gasteiger partial charge in [-0.1, -0.05) is 49.7 Å². The lowest BCUT2D eigenvalue weighted by Crippen LogP contribution is -2.46. The van der Waals surface area contributed by atoms with E-state index in [0.717, 1.165) is 195 Å². The maximum Gasteiger partial charge on any atom is 0.275 e. The molecule has 4 aliphatic rings. The number of rotatable bonds is 11. The number of pyridine rings is 4. The predicted molar refractivity (Wildman–Crippen MR) is 467 cm³/mol. The Morgan fingerprint density at radius 3 is 1.55 bits per heavy atom. The van der Waals surface area contributed by atoms with Gasteiger partial charge in [-0.05, 0) is 170 Å². The monoisotopic (exact) mass is 1600 g/mol. The second kappa shape index (κ2) is 33.2. The van der Waals surface area contributed by atoms with E-state index in [4.69, 9.17) is 31.0 Å². The lowest BCUT2D eigenvalue weighted by atomic mass is 10.0. The Kier molecular flexibility index (Phi) is 21.9. The van der Waals surface area contributed by atoms with Crippen LogP contribution in [0, 0.1) is 13.8 Å². The molecule has 4 aliphatic heterocycles. The highest BCUT2D eigenvalue weighted by Crippen LogP contribution is 2.31. The summed E-state index contributed by atoms with van der Waals surface area (Å²) in [5, 5.41) is 15.7. The molecule has 20 rings (SSSR count). The van der Waals surface area contributed by atoms with Gasteiger partial charge < -0.3 is 38.2 Å². The van der Waals surface area contributed by atoms with Crippen LogP contribution in [0.1, 0.15) is 56.8 Å². The zero-order valence-electron chi connectivity index (χ0n) is 67.8. The van der Waals surface area contributed by atoms with Crippen LogP contribution >= 0.6 is 11.6 Å². The highest BCUT2D eigenvalue weighted by molar-refractivity contribution is 6.33. The molecule has 0 unspecified atom stereocenters. The van der Waals surface area contributed by atoms with Crippen molar-refractivity contribution in [3.63, 3.8) is 0 Å². The number of fused-ring (bicyclic) bond motifs is 8. The molecule has 3 saturated heterocycles. The van der Waals surface area contributed by atoms with Gasteiger partial charge in [-0.3, -0.25) is 46.6 Å². The van der Waals surface area contributed by atoms with E-state index in [1.165, 1.54) is 16.2 Å². The molecule has 29 heteroatoms. The lowest BCUT2D eigenvalue weighted by molar-refractivity contribution is 0.249. The molecule has 13 aromatic heterocycles. The van der Waals surface area contributed by atoms with Crippen molar-refractivity contribution in [2.75, 3.05) is 127 Å². The summed E-state index contributed by atoms with van der Waals surface area (Å²) in [6.45, 7) is 22.2. The van der Waals surface area contributed by atoms with Gasteiger partial charge in [0.15, 0.2) is 22.8 Å². The van der Waals surface area contributed by atoms with Gasteiger partial charge in [0.1, 0.15) is 22.5 Å². The van der Waals surface area contributed by atoms with Crippen molar-refractivity contribution < 1.29 is 4.42 Å². The first-order valence-electron chi connectivity index (χ1n) is 40.3. The van der Waals surface area contributed by atoms with Crippen LogP contribution in [0.2, 0.25) is 5.02 Å². The Hall–Kier alpha value is -12.6. The Bertz CT molecular complexity index is 6770. The largest absolute Gasteiger partial charge is 0.441 e. The summed E-state index contributed by atoms with van der Waals surface area (Å²) in [5.41, 5.74) is 18.4. The van der Waals surface area contributed by atoms with Crippen LogP contribution in [0.4, 0.5) is 17.1 Å². The minimum absolute atomic E-state index is 0.0636. The fraction of sp³-hybridized carbons (Fsp3) is 0.315. The fourth-order valence-electron chi connectivity index (χ4n) is 16.3. The van der Waals surface area contributed by atoms with Crippen LogP contribution < -0.4 is 36.9 Å². The first-order chi connectivity index (χ1) is 57.2. The van der Waals surface area contributed by atoms with Gasteiger partial charge in [0, 0.05) is 187 Å². The molecule has 0 saturated carbocycles. The summed E-state index contributed by atoms with van der Waals surface area (Å²) in [6, 6.07) is 42.3. The third kappa shape index (κ3) is 16.4. The first kappa shape index (κ1) is 77.9. The normalized spacial score (nSPS) is 15.5. The Balaban J connectivity index is 0.000000113. The molecule has 0 atom stereocenters. The third-order valence-corrected chi connectivity index (χ3v) is 23.4. The van der Waals surface area contributed by atoms with Gasteiger partial charge in [-0.25, -0.2) is 29.9 Å². The van der Waals surface area contributed by atoms with E-state index < -0.39 is 0 Å². The number of halogens is 1. The quantitative estimate of drug-likeness (QED) is 0.117. The van der Waals surface area contributed by atoms with E-state index in [1.54, 1.807) is 31.4 Å². The average molecular weight is 1600 g/mol. The number of piperidine rings is 1. The zero-order valence-corrected chi connectivity index (χ0v) is 68.6. The number of imidazole rings is 1. The van der Waals surface area contributed by atoms with E-state index in [2.05, 4.69) is 118 Å². The minimum atomic E-state index is -0.202. The second-order valence-corrected chi connectivity index (χ2v) is 31.5. The molecule has 17 heterocycles. The van der Waals surface area contributed by atoms with Crippen molar-refractivity contribution in [1.82, 2.24) is 96.3 Å². The Morgan fingerprint density at radius 2 is 0.992 bits per heavy atom. The van der Waals surface area contributed by atoms with Crippen LogP contribution in [0.3, 0.4) is 0 Å². The van der Waals surface area contributed by atoms with E-state index in [0.29, 0.717) is 73.5 Å². The summed E-state index contributed by atoms with van der Waals surface area (Å²) >= 11 is 6.41. The third-order valence-electron chi connectivity index (χ3n) is 23.1. The maximum absolute atomic E-state index is 12.9. The molecule has 0 N–H and O–H groups in total. The summed E-state index contributed by atoms with van der Waals surface area (Å²) in [6.07, 6.45) is 19.7. The molecule has 0 amide bonds. The minimum Gasteiger partial charge on any atom is -0.441 e. The van der Waals surface area contributed by atoms with E-state index in [1.807, 2.05) is 182 Å². The van der Waals surface area contributed by atoms with Crippen molar-refractivity contribution in [3.05, 3.63) is 247 Å². The van der Waals surface area contributed by atoms with Crippen LogP contribution in [0.15, 0.2) is 207 Å². The average Bonchev–Trinajstić information content (AvgIpc) is 1.73. The van der Waals surface area contributed by atoms with Crippen molar-refractivity contribution >= 4 is 95.4 Å². The molecule has 3 fully saturated rings. The summed E-state index contributed by atoms with van der Waals surface area (Å²) in [4.78, 5) is 95.5. The fourth-order valence-corrected chi connectivity index (χ4v) is 16.5. The van der Waals surface area contributed by atoms with Gasteiger partial charge in [0.25, 0.3) is 22.2 Å². The smallest absolute Gasteiger partial charge is 0.275 e. The molecule has 0 aliphatic carbocycles. The number of piperazine rings is 1. The molecule has 118 heavy (non-hydrogen) atoms. The summed E-state index contributed by atoms with van der Waals surface area (Å²) in [5.74, 6) is 0.611. The number of likely N-dealkylation sites (N-methyl/N-ethyl adjacent to an activating group) is 3. The lowest BCUT2D eigenvalue weighted by Gasteiger charge is -2.36. The van der Waals surface area contributed by atoms with E-state index >= 15 is 0 Å². The molecule has 16 aromatic rings. The van der Waals surface area contributed by atoms with E-state index in [9.17, 15) is 19.2 Å². The Morgan fingerprint density at radius 1 is 0.475 bits per heavy atom. The predicted octanol–water partition coefficient (Wildman–Crippen LogP) is 11.6. The van der Waals surface area contributed by atoms with Crippen LogP contribution in [0.5, 0.6) is 0 Å². The number of anilines is 3. The van der Waals surface area contributed by atoms with Crippen molar-refractivity contribution in [2.24, 2.45) is 14.1 Å². The highest BCUT2D eigenvalue weighted by atomic mass is 35.5. The number of hydrogen-bond donors (Lipinski definition) is 0. The second-order valence-electron chi connectivity index (χ2n) is 31.1. The summed E-state index contributed by atoms with van der Waals surface area (Å²) < 4.78 is 17.4.